The monoisotopic (exact) mass is 446 g/mol. The summed E-state index contributed by atoms with van der Waals surface area (Å²) in [5.74, 6) is 2.52. The molecule has 6 heteroatoms. The fraction of sp³-hybridized carbons (Fsp3) is 0.593. The number of carbonyl (C=O) groups excluding carboxylic acids is 2. The van der Waals surface area contributed by atoms with Crippen LogP contribution < -0.4 is 10.7 Å². The summed E-state index contributed by atoms with van der Waals surface area (Å²) in [6, 6.07) is 8.21. The van der Waals surface area contributed by atoms with Crippen molar-refractivity contribution >= 4 is 22.7 Å². The van der Waals surface area contributed by atoms with Crippen molar-refractivity contribution in [3.05, 3.63) is 42.6 Å². The van der Waals surface area contributed by atoms with Gasteiger partial charge in [-0.25, -0.2) is 5.43 Å². The standard InChI is InChI=1S/C27H34N4O2/c1-26-13-11-21-19(8-10-23-27(21,2)14-12-24(32)29-23)20(26)9-7-18(26)15-25(33)30-31-22-6-4-3-5-17(22)16-28-31/h3-6,12,14,16,18-21,23H,7-11,13,15H2,1-2H3,(H,29,32)(H,30,33)/t18-,19+,20+,21+,23-,26-,27-/m1/s1. The molecule has 2 aromatic rings. The third-order valence-corrected chi connectivity index (χ3v) is 10.0. The molecule has 0 unspecified atom stereocenters. The molecule has 4 aliphatic rings. The number of carbonyl (C=O) groups is 2. The summed E-state index contributed by atoms with van der Waals surface area (Å²) in [6.07, 6.45) is 13.3. The lowest BCUT2D eigenvalue weighted by Gasteiger charge is -2.59. The first-order chi connectivity index (χ1) is 15.9. The lowest BCUT2D eigenvalue weighted by Crippen LogP contribution is -2.59. The van der Waals surface area contributed by atoms with Crippen LogP contribution in [0.5, 0.6) is 0 Å². The highest BCUT2D eigenvalue weighted by molar-refractivity contribution is 5.89. The second kappa shape index (κ2) is 7.44. The Kier molecular flexibility index (Phi) is 4.72. The first-order valence-corrected chi connectivity index (χ1v) is 12.6. The van der Waals surface area contributed by atoms with Gasteiger partial charge >= 0.3 is 0 Å². The summed E-state index contributed by atoms with van der Waals surface area (Å²) in [7, 11) is 0. The molecule has 7 atom stereocenters. The largest absolute Gasteiger partial charge is 0.349 e. The number of hydrogen-bond donors (Lipinski definition) is 2. The molecule has 0 spiro atoms. The van der Waals surface area contributed by atoms with Crippen LogP contribution in [-0.4, -0.2) is 27.7 Å². The Morgan fingerprint density at radius 1 is 1.15 bits per heavy atom. The first kappa shape index (κ1) is 20.9. The van der Waals surface area contributed by atoms with Crippen molar-refractivity contribution in [2.45, 2.75) is 64.8 Å². The Hall–Kier alpha value is -2.63. The van der Waals surface area contributed by atoms with E-state index in [0.717, 1.165) is 23.7 Å². The van der Waals surface area contributed by atoms with Crippen LogP contribution in [-0.2, 0) is 9.59 Å². The molecule has 6 rings (SSSR count). The predicted molar refractivity (Wildman–Crippen MR) is 128 cm³/mol. The molecule has 6 nitrogen and oxygen atoms in total. The maximum Gasteiger partial charge on any atom is 0.243 e. The normalized spacial score (nSPS) is 39.5. The highest BCUT2D eigenvalue weighted by Crippen LogP contribution is 2.65. The van der Waals surface area contributed by atoms with E-state index < -0.39 is 0 Å². The van der Waals surface area contributed by atoms with Crippen molar-refractivity contribution in [2.75, 3.05) is 5.43 Å². The molecule has 2 heterocycles. The Labute approximate surface area is 195 Å². The highest BCUT2D eigenvalue weighted by Gasteiger charge is 2.59. The molecule has 3 fully saturated rings. The number of rotatable bonds is 3. The summed E-state index contributed by atoms with van der Waals surface area (Å²) in [5.41, 5.74) is 4.24. The zero-order valence-corrected chi connectivity index (χ0v) is 19.6. The van der Waals surface area contributed by atoms with Crippen molar-refractivity contribution in [1.29, 1.82) is 0 Å². The summed E-state index contributed by atoms with van der Waals surface area (Å²) >= 11 is 0. The molecule has 3 saturated carbocycles. The van der Waals surface area contributed by atoms with E-state index in [0.29, 0.717) is 30.1 Å². The maximum absolute atomic E-state index is 13.1. The molecule has 2 N–H and O–H groups in total. The number of amides is 2. The topological polar surface area (TPSA) is 76.0 Å². The van der Waals surface area contributed by atoms with E-state index in [-0.39, 0.29) is 28.7 Å². The number of nitrogens with zero attached hydrogens (tertiary/aromatic N) is 2. The second-order valence-electron chi connectivity index (χ2n) is 11.4. The van der Waals surface area contributed by atoms with E-state index in [1.807, 2.05) is 24.3 Å². The van der Waals surface area contributed by atoms with Gasteiger partial charge in [0.1, 0.15) is 0 Å². The molecule has 2 amide bonds. The van der Waals surface area contributed by atoms with Gasteiger partial charge in [0.15, 0.2) is 0 Å². The zero-order valence-electron chi connectivity index (χ0n) is 19.6. The lowest BCUT2D eigenvalue weighted by molar-refractivity contribution is -0.123. The minimum atomic E-state index is 0.0615. The molecular weight excluding hydrogens is 412 g/mol. The molecule has 3 aliphatic carbocycles. The van der Waals surface area contributed by atoms with Gasteiger partial charge in [0.2, 0.25) is 11.8 Å². The van der Waals surface area contributed by atoms with Crippen LogP contribution in [0.25, 0.3) is 10.9 Å². The summed E-state index contributed by atoms with van der Waals surface area (Å²) in [5, 5.41) is 8.63. The number of hydrogen-bond acceptors (Lipinski definition) is 3. The Balaban J connectivity index is 1.18. The molecule has 33 heavy (non-hydrogen) atoms. The van der Waals surface area contributed by atoms with Crippen LogP contribution >= 0.6 is 0 Å². The van der Waals surface area contributed by atoms with E-state index >= 15 is 0 Å². The van der Waals surface area contributed by atoms with Crippen LogP contribution in [0, 0.1) is 34.5 Å². The number of benzene rings is 1. The Morgan fingerprint density at radius 3 is 2.88 bits per heavy atom. The summed E-state index contributed by atoms with van der Waals surface area (Å²) in [6.45, 7) is 4.82. The van der Waals surface area contributed by atoms with Gasteiger partial charge < -0.3 is 5.32 Å². The van der Waals surface area contributed by atoms with E-state index in [4.69, 9.17) is 0 Å². The van der Waals surface area contributed by atoms with Gasteiger partial charge in [-0.3, -0.25) is 9.59 Å². The third kappa shape index (κ3) is 3.17. The number of nitrogens with one attached hydrogen (secondary N) is 2. The fourth-order valence-corrected chi connectivity index (χ4v) is 8.23. The average molecular weight is 447 g/mol. The Bertz CT molecular complexity index is 1140. The van der Waals surface area contributed by atoms with E-state index in [9.17, 15) is 9.59 Å². The fourth-order valence-electron chi connectivity index (χ4n) is 8.23. The minimum absolute atomic E-state index is 0.0615. The lowest BCUT2D eigenvalue weighted by atomic mass is 9.48. The highest BCUT2D eigenvalue weighted by atomic mass is 16.2. The summed E-state index contributed by atoms with van der Waals surface area (Å²) in [4.78, 5) is 26.6. The average Bonchev–Trinajstić information content (AvgIpc) is 3.35. The van der Waals surface area contributed by atoms with Crippen molar-refractivity contribution < 1.29 is 9.59 Å². The van der Waals surface area contributed by atoms with Gasteiger partial charge in [0.25, 0.3) is 0 Å². The predicted octanol–water partition coefficient (Wildman–Crippen LogP) is 4.41. The van der Waals surface area contributed by atoms with Crippen molar-refractivity contribution in [3.63, 3.8) is 0 Å². The SMILES string of the molecule is C[C@]12C=CC(=O)N[C@@H]1CC[C@@H]1[C@@H]2CC[C@]2(C)[C@@H](CC(=O)Nn3ncc4ccccc43)CC[C@@H]12. The molecule has 0 radical (unpaired) electrons. The minimum Gasteiger partial charge on any atom is -0.349 e. The van der Waals surface area contributed by atoms with Crippen molar-refractivity contribution in [1.82, 2.24) is 15.2 Å². The molecule has 0 saturated heterocycles. The molecule has 1 aromatic carbocycles. The van der Waals surface area contributed by atoms with Crippen LogP contribution in [0.2, 0.25) is 0 Å². The maximum atomic E-state index is 13.1. The number of aromatic nitrogens is 2. The quantitative estimate of drug-likeness (QED) is 0.733. The smallest absolute Gasteiger partial charge is 0.243 e. The van der Waals surface area contributed by atoms with Gasteiger partial charge in [0.05, 0.1) is 11.7 Å². The van der Waals surface area contributed by atoms with Crippen molar-refractivity contribution in [2.24, 2.45) is 34.5 Å². The van der Waals surface area contributed by atoms with Gasteiger partial charge in [-0.2, -0.15) is 9.89 Å². The number of fused-ring (bicyclic) bond motifs is 6. The van der Waals surface area contributed by atoms with Crippen molar-refractivity contribution in [3.8, 4) is 0 Å². The van der Waals surface area contributed by atoms with E-state index in [1.54, 1.807) is 17.1 Å². The molecule has 1 aliphatic heterocycles. The van der Waals surface area contributed by atoms with Crippen LogP contribution in [0.15, 0.2) is 42.6 Å². The third-order valence-electron chi connectivity index (χ3n) is 10.0. The van der Waals surface area contributed by atoms with Gasteiger partial charge in [0, 0.05) is 23.3 Å². The van der Waals surface area contributed by atoms with Gasteiger partial charge in [-0.05, 0) is 79.8 Å². The summed E-state index contributed by atoms with van der Waals surface area (Å²) < 4.78 is 0. The second-order valence-corrected chi connectivity index (χ2v) is 11.4. The number of para-hydroxylation sites is 1. The first-order valence-electron chi connectivity index (χ1n) is 12.6. The molecule has 1 aromatic heterocycles. The van der Waals surface area contributed by atoms with E-state index in [1.165, 1.54) is 25.7 Å². The molecular formula is C27H34N4O2. The van der Waals surface area contributed by atoms with Gasteiger partial charge in [-0.15, -0.1) is 0 Å². The van der Waals surface area contributed by atoms with Gasteiger partial charge in [-0.1, -0.05) is 38.1 Å². The van der Waals surface area contributed by atoms with Crippen LogP contribution in [0.3, 0.4) is 0 Å². The Morgan fingerprint density at radius 2 is 2.00 bits per heavy atom. The molecule has 174 valence electrons. The zero-order chi connectivity index (χ0) is 22.8. The van der Waals surface area contributed by atoms with Crippen LogP contribution in [0.1, 0.15) is 58.8 Å². The van der Waals surface area contributed by atoms with E-state index in [2.05, 4.69) is 35.8 Å². The van der Waals surface area contributed by atoms with Crippen LogP contribution in [0.4, 0.5) is 0 Å². The molecule has 0 bridgehead atoms.